The quantitative estimate of drug-likeness (QED) is 0.203. The Hall–Kier alpha value is -4.45. The van der Waals surface area contributed by atoms with E-state index in [-0.39, 0.29) is 25.7 Å². The van der Waals surface area contributed by atoms with Crippen LogP contribution in [0, 0.1) is 5.92 Å². The van der Waals surface area contributed by atoms with Crippen molar-refractivity contribution >= 4 is 29.8 Å². The number of nitrogens with one attached hydrogen (secondary N) is 4. The number of hydrogen-bond donors (Lipinski definition) is 4. The fourth-order valence-electron chi connectivity index (χ4n) is 4.11. The lowest BCUT2D eigenvalue weighted by atomic mass is 10.0. The SMILES string of the molecule is CC(C)C[C@H](NC(=O)OC(C)(C)C)C(=O)N[C@H](C)C(=O)N[C@@H](COCc1ccccc1)C(=O)N[C@H](C)C(=O)OCc1ccccc1. The van der Waals surface area contributed by atoms with Crippen LogP contribution in [0.25, 0.3) is 0 Å². The van der Waals surface area contributed by atoms with Gasteiger partial charge in [0, 0.05) is 0 Å². The zero-order valence-electron chi connectivity index (χ0n) is 27.8. The maximum atomic E-state index is 13.3. The third-order valence-corrected chi connectivity index (χ3v) is 6.43. The highest BCUT2D eigenvalue weighted by atomic mass is 16.6. The highest BCUT2D eigenvalue weighted by Gasteiger charge is 2.30. The lowest BCUT2D eigenvalue weighted by Gasteiger charge is -2.26. The summed E-state index contributed by atoms with van der Waals surface area (Å²) >= 11 is 0. The van der Waals surface area contributed by atoms with E-state index in [1.54, 1.807) is 20.8 Å². The van der Waals surface area contributed by atoms with Crippen LogP contribution in [0.5, 0.6) is 0 Å². The fraction of sp³-hybridized carbons (Fsp3) is 0.500. The first-order valence-corrected chi connectivity index (χ1v) is 15.4. The van der Waals surface area contributed by atoms with E-state index in [4.69, 9.17) is 14.2 Å². The molecule has 0 fully saturated rings. The average Bonchev–Trinajstić information content (AvgIpc) is 2.98. The number of carbonyl (C=O) groups is 5. The number of hydrogen-bond acceptors (Lipinski definition) is 8. The Morgan fingerprint density at radius 2 is 1.17 bits per heavy atom. The molecule has 4 atom stereocenters. The van der Waals surface area contributed by atoms with Crippen molar-refractivity contribution in [3.8, 4) is 0 Å². The zero-order chi connectivity index (χ0) is 34.3. The molecule has 252 valence electrons. The minimum atomic E-state index is -1.20. The van der Waals surface area contributed by atoms with Gasteiger partial charge in [-0.2, -0.15) is 0 Å². The van der Waals surface area contributed by atoms with E-state index in [0.717, 1.165) is 11.1 Å². The van der Waals surface area contributed by atoms with Gasteiger partial charge in [-0.3, -0.25) is 14.4 Å². The van der Waals surface area contributed by atoms with Crippen LogP contribution in [0.4, 0.5) is 4.79 Å². The van der Waals surface area contributed by atoms with E-state index in [1.807, 2.05) is 74.5 Å². The van der Waals surface area contributed by atoms with Crippen molar-refractivity contribution < 1.29 is 38.2 Å². The molecule has 2 aromatic rings. The van der Waals surface area contributed by atoms with Gasteiger partial charge in [0.15, 0.2) is 0 Å². The molecule has 2 rings (SSSR count). The monoisotopic (exact) mass is 640 g/mol. The Kier molecular flexibility index (Phi) is 15.2. The molecule has 12 heteroatoms. The number of amides is 4. The molecule has 0 aliphatic carbocycles. The van der Waals surface area contributed by atoms with E-state index in [0.29, 0.717) is 6.42 Å². The lowest BCUT2D eigenvalue weighted by molar-refractivity contribution is -0.149. The molecule has 46 heavy (non-hydrogen) atoms. The molecule has 0 heterocycles. The molecule has 0 aromatic heterocycles. The third-order valence-electron chi connectivity index (χ3n) is 6.43. The summed E-state index contributed by atoms with van der Waals surface area (Å²) in [4.78, 5) is 64.5. The van der Waals surface area contributed by atoms with Crippen molar-refractivity contribution in [2.24, 2.45) is 5.92 Å². The van der Waals surface area contributed by atoms with E-state index < -0.39 is 59.6 Å². The second kappa shape index (κ2) is 18.5. The fourth-order valence-corrected chi connectivity index (χ4v) is 4.11. The summed E-state index contributed by atoms with van der Waals surface area (Å²) in [6.45, 7) is 11.8. The van der Waals surface area contributed by atoms with Crippen LogP contribution in [0.1, 0.15) is 66.0 Å². The van der Waals surface area contributed by atoms with Gasteiger partial charge in [-0.1, -0.05) is 74.5 Å². The predicted octanol–water partition coefficient (Wildman–Crippen LogP) is 3.38. The number of esters is 1. The van der Waals surface area contributed by atoms with E-state index in [1.165, 1.54) is 13.8 Å². The van der Waals surface area contributed by atoms with Gasteiger partial charge in [0.05, 0.1) is 13.2 Å². The molecular formula is C34H48N4O8. The molecule has 0 unspecified atom stereocenters. The molecule has 12 nitrogen and oxygen atoms in total. The Labute approximate surface area is 271 Å². The predicted molar refractivity (Wildman–Crippen MR) is 172 cm³/mol. The van der Waals surface area contributed by atoms with Crippen molar-refractivity contribution in [3.63, 3.8) is 0 Å². The molecule has 0 radical (unpaired) electrons. The number of ether oxygens (including phenoxy) is 3. The molecule has 4 amide bonds. The molecule has 0 aliphatic rings. The van der Waals surface area contributed by atoms with Crippen molar-refractivity contribution in [2.45, 2.75) is 97.9 Å². The van der Waals surface area contributed by atoms with Crippen LogP contribution in [0.3, 0.4) is 0 Å². The summed E-state index contributed by atoms with van der Waals surface area (Å²) < 4.78 is 16.3. The molecule has 0 saturated heterocycles. The van der Waals surface area contributed by atoms with Gasteiger partial charge in [0.2, 0.25) is 17.7 Å². The first-order valence-electron chi connectivity index (χ1n) is 15.4. The number of rotatable bonds is 16. The maximum absolute atomic E-state index is 13.3. The largest absolute Gasteiger partial charge is 0.459 e. The number of alkyl carbamates (subject to hydrolysis) is 1. The molecule has 0 saturated carbocycles. The Bertz CT molecular complexity index is 1280. The van der Waals surface area contributed by atoms with E-state index in [2.05, 4.69) is 21.3 Å². The molecular weight excluding hydrogens is 592 g/mol. The zero-order valence-corrected chi connectivity index (χ0v) is 27.8. The maximum Gasteiger partial charge on any atom is 0.408 e. The summed E-state index contributed by atoms with van der Waals surface area (Å²) in [5.74, 6) is -2.53. The Balaban J connectivity index is 2.06. The lowest BCUT2D eigenvalue weighted by Crippen LogP contribution is -2.58. The molecule has 0 spiro atoms. The van der Waals surface area contributed by atoms with Gasteiger partial charge in [0.25, 0.3) is 0 Å². The summed E-state index contributed by atoms with van der Waals surface area (Å²) in [5, 5.41) is 10.4. The van der Waals surface area contributed by atoms with Crippen LogP contribution < -0.4 is 21.3 Å². The number of carbonyl (C=O) groups excluding carboxylic acids is 5. The second-order valence-electron chi connectivity index (χ2n) is 12.4. The Morgan fingerprint density at radius 3 is 1.72 bits per heavy atom. The van der Waals surface area contributed by atoms with Crippen LogP contribution >= 0.6 is 0 Å². The van der Waals surface area contributed by atoms with E-state index in [9.17, 15) is 24.0 Å². The highest BCUT2D eigenvalue weighted by molar-refractivity contribution is 5.94. The first-order chi connectivity index (χ1) is 21.6. The average molecular weight is 641 g/mol. The second-order valence-corrected chi connectivity index (χ2v) is 12.4. The van der Waals surface area contributed by atoms with Gasteiger partial charge < -0.3 is 35.5 Å². The smallest absolute Gasteiger partial charge is 0.408 e. The first kappa shape index (κ1) is 37.7. The van der Waals surface area contributed by atoms with Gasteiger partial charge in [0.1, 0.15) is 36.4 Å². The van der Waals surface area contributed by atoms with Crippen molar-refractivity contribution in [1.29, 1.82) is 0 Å². The van der Waals surface area contributed by atoms with Gasteiger partial charge in [-0.15, -0.1) is 0 Å². The van der Waals surface area contributed by atoms with Crippen LogP contribution in [-0.4, -0.2) is 66.2 Å². The molecule has 0 bridgehead atoms. The summed E-state index contributed by atoms with van der Waals surface area (Å²) in [6.07, 6.45) is -0.454. The van der Waals surface area contributed by atoms with Gasteiger partial charge in [-0.05, 0) is 58.1 Å². The summed E-state index contributed by atoms with van der Waals surface area (Å²) in [7, 11) is 0. The van der Waals surface area contributed by atoms with Crippen molar-refractivity contribution in [2.75, 3.05) is 6.61 Å². The molecule has 4 N–H and O–H groups in total. The summed E-state index contributed by atoms with van der Waals surface area (Å²) in [6, 6.07) is 14.1. The van der Waals surface area contributed by atoms with Crippen molar-refractivity contribution in [3.05, 3.63) is 71.8 Å². The van der Waals surface area contributed by atoms with Gasteiger partial charge >= 0.3 is 12.1 Å². The Morgan fingerprint density at radius 1 is 0.652 bits per heavy atom. The normalized spacial score (nSPS) is 13.8. The minimum Gasteiger partial charge on any atom is -0.459 e. The van der Waals surface area contributed by atoms with Crippen LogP contribution in [0.2, 0.25) is 0 Å². The van der Waals surface area contributed by atoms with Crippen molar-refractivity contribution in [1.82, 2.24) is 21.3 Å². The third kappa shape index (κ3) is 14.6. The molecule has 2 aromatic carbocycles. The highest BCUT2D eigenvalue weighted by Crippen LogP contribution is 2.10. The van der Waals surface area contributed by atoms with Crippen LogP contribution in [0.15, 0.2) is 60.7 Å². The standard InChI is InChI=1S/C34H48N4O8/c1-22(2)18-27(38-33(43)46-34(5,6)7)30(40)35-23(3)29(39)37-28(21-44-19-25-14-10-8-11-15-25)31(41)36-24(4)32(42)45-20-26-16-12-9-13-17-26/h8-17,22-24,27-28H,18-21H2,1-7H3,(H,35,40)(H,36,41)(H,37,39)(H,38,43)/t23-,24-,27+,28+/m1/s1. The topological polar surface area (TPSA) is 161 Å². The van der Waals surface area contributed by atoms with Gasteiger partial charge in [-0.25, -0.2) is 9.59 Å². The number of benzene rings is 2. The van der Waals surface area contributed by atoms with E-state index >= 15 is 0 Å². The minimum absolute atomic E-state index is 0.0397. The molecule has 0 aliphatic heterocycles. The summed E-state index contributed by atoms with van der Waals surface area (Å²) in [5.41, 5.74) is 0.895. The van der Waals surface area contributed by atoms with Crippen LogP contribution in [-0.2, 0) is 46.6 Å².